The first-order valence-corrected chi connectivity index (χ1v) is 11.9. The fraction of sp³-hybridized carbons (Fsp3) is 0.207. The lowest BCUT2D eigenvalue weighted by molar-refractivity contribution is -0.119. The van der Waals surface area contributed by atoms with E-state index in [1.54, 1.807) is 26.5 Å². The number of carbonyl (C=O) groups is 2. The number of amides is 2. The van der Waals surface area contributed by atoms with Gasteiger partial charge in [-0.05, 0) is 53.4 Å². The van der Waals surface area contributed by atoms with Gasteiger partial charge in [-0.3, -0.25) is 14.6 Å². The maximum absolute atomic E-state index is 14.0. The van der Waals surface area contributed by atoms with Gasteiger partial charge < -0.3 is 19.7 Å². The highest BCUT2D eigenvalue weighted by atomic mass is 16.5. The van der Waals surface area contributed by atoms with Crippen molar-refractivity contribution in [1.82, 2.24) is 9.88 Å². The summed E-state index contributed by atoms with van der Waals surface area (Å²) >= 11 is 0. The van der Waals surface area contributed by atoms with Gasteiger partial charge in [-0.25, -0.2) is 0 Å². The molecule has 2 atom stereocenters. The van der Waals surface area contributed by atoms with Crippen LogP contribution in [0.15, 0.2) is 72.9 Å². The number of methoxy groups -OCH3 is 2. The Kier molecular flexibility index (Phi) is 5.33. The molecule has 3 aromatic carbocycles. The molecule has 180 valence electrons. The van der Waals surface area contributed by atoms with E-state index in [0.717, 1.165) is 27.6 Å². The fourth-order valence-corrected chi connectivity index (χ4v) is 5.50. The monoisotopic (exact) mass is 479 g/mol. The topological polar surface area (TPSA) is 80.8 Å². The Labute approximate surface area is 208 Å². The number of aromatic nitrogens is 1. The molecular weight excluding hydrogens is 454 g/mol. The molecule has 0 spiro atoms. The summed E-state index contributed by atoms with van der Waals surface area (Å²) in [5.41, 5.74) is 4.71. The number of carbonyl (C=O) groups excluding carboxylic acids is 2. The minimum atomic E-state index is -0.609. The molecule has 0 saturated carbocycles. The van der Waals surface area contributed by atoms with E-state index in [-0.39, 0.29) is 11.8 Å². The Morgan fingerprint density at radius 3 is 2.56 bits per heavy atom. The second kappa shape index (κ2) is 8.68. The smallest absolute Gasteiger partial charge is 0.254 e. The first-order chi connectivity index (χ1) is 17.6. The molecule has 4 aromatic rings. The summed E-state index contributed by atoms with van der Waals surface area (Å²) in [4.78, 5) is 33.8. The average Bonchev–Trinajstić information content (AvgIpc) is 2.92. The zero-order valence-corrected chi connectivity index (χ0v) is 20.0. The predicted octanol–water partition coefficient (Wildman–Crippen LogP) is 4.73. The number of pyridine rings is 1. The lowest BCUT2D eigenvalue weighted by Gasteiger charge is -2.45. The summed E-state index contributed by atoms with van der Waals surface area (Å²) in [6.45, 7) is 0.516. The first-order valence-electron chi connectivity index (χ1n) is 11.9. The summed E-state index contributed by atoms with van der Waals surface area (Å²) < 4.78 is 11.1. The third kappa shape index (κ3) is 3.47. The third-order valence-electron chi connectivity index (χ3n) is 7.17. The van der Waals surface area contributed by atoms with Gasteiger partial charge in [0.25, 0.3) is 5.91 Å². The summed E-state index contributed by atoms with van der Waals surface area (Å²) in [6, 6.07) is 20.5. The summed E-state index contributed by atoms with van der Waals surface area (Å²) in [7, 11) is 3.19. The molecule has 36 heavy (non-hydrogen) atoms. The van der Waals surface area contributed by atoms with E-state index in [0.29, 0.717) is 35.7 Å². The fourth-order valence-electron chi connectivity index (χ4n) is 5.50. The highest BCUT2D eigenvalue weighted by Crippen LogP contribution is 2.48. The van der Waals surface area contributed by atoms with Crippen LogP contribution in [0, 0.1) is 0 Å². The molecule has 6 rings (SSSR count). The standard InChI is InChI=1S/C29H25N3O4/c1-35-24-14-17-11-12-32-27(22(17)15-25(24)36-2)26(20-8-4-5-9-21(20)29(32)34)28(33)31-19-13-18-7-3-6-10-23(18)30-16-19/h3-10,13-16,26-27H,11-12H2,1-2H3,(H,31,33). The van der Waals surface area contributed by atoms with Crippen molar-refractivity contribution in [1.29, 1.82) is 0 Å². The maximum Gasteiger partial charge on any atom is 0.254 e. The number of hydrogen-bond acceptors (Lipinski definition) is 5. The van der Waals surface area contributed by atoms with E-state index in [9.17, 15) is 9.59 Å². The minimum Gasteiger partial charge on any atom is -0.493 e. The molecule has 2 aliphatic rings. The van der Waals surface area contributed by atoms with Gasteiger partial charge in [-0.2, -0.15) is 0 Å². The number of hydrogen-bond donors (Lipinski definition) is 1. The van der Waals surface area contributed by atoms with Crippen LogP contribution in [0.1, 0.15) is 39.0 Å². The van der Waals surface area contributed by atoms with E-state index in [2.05, 4.69) is 10.3 Å². The van der Waals surface area contributed by atoms with Crippen molar-refractivity contribution in [3.05, 3.63) is 95.2 Å². The van der Waals surface area contributed by atoms with Crippen LogP contribution in [0.4, 0.5) is 5.69 Å². The molecule has 2 aliphatic heterocycles. The number of para-hydroxylation sites is 1. The Morgan fingerprint density at radius 2 is 1.72 bits per heavy atom. The van der Waals surface area contributed by atoms with Gasteiger partial charge in [0.15, 0.2) is 11.5 Å². The zero-order valence-electron chi connectivity index (χ0n) is 20.0. The molecule has 2 amide bonds. The van der Waals surface area contributed by atoms with E-state index in [1.807, 2.05) is 65.6 Å². The molecule has 1 aromatic heterocycles. The van der Waals surface area contributed by atoms with Gasteiger partial charge in [-0.15, -0.1) is 0 Å². The number of ether oxygens (including phenoxy) is 2. The number of anilines is 1. The van der Waals surface area contributed by atoms with Gasteiger partial charge in [0, 0.05) is 17.5 Å². The van der Waals surface area contributed by atoms with E-state index >= 15 is 0 Å². The summed E-state index contributed by atoms with van der Waals surface area (Å²) in [6.07, 6.45) is 2.34. The molecule has 2 unspecified atom stereocenters. The lowest BCUT2D eigenvalue weighted by Crippen LogP contribution is -2.49. The van der Waals surface area contributed by atoms with Crippen molar-refractivity contribution in [2.45, 2.75) is 18.4 Å². The highest BCUT2D eigenvalue weighted by molar-refractivity contribution is 6.05. The van der Waals surface area contributed by atoms with Gasteiger partial charge in [0.05, 0.1) is 43.6 Å². The van der Waals surface area contributed by atoms with Crippen LogP contribution in [0.5, 0.6) is 11.5 Å². The van der Waals surface area contributed by atoms with E-state index in [1.165, 1.54) is 0 Å². The Balaban J connectivity index is 1.47. The van der Waals surface area contributed by atoms with Gasteiger partial charge in [0.1, 0.15) is 0 Å². The first kappa shape index (κ1) is 22.1. The van der Waals surface area contributed by atoms with E-state index in [4.69, 9.17) is 9.47 Å². The van der Waals surface area contributed by atoms with Crippen LogP contribution >= 0.6 is 0 Å². The largest absolute Gasteiger partial charge is 0.493 e. The Bertz CT molecular complexity index is 1520. The summed E-state index contributed by atoms with van der Waals surface area (Å²) in [5.74, 6) is 0.345. The Morgan fingerprint density at radius 1 is 0.972 bits per heavy atom. The number of nitrogens with zero attached hydrogens (tertiary/aromatic N) is 2. The van der Waals surface area contributed by atoms with Crippen LogP contribution < -0.4 is 14.8 Å². The molecule has 0 bridgehead atoms. The highest BCUT2D eigenvalue weighted by Gasteiger charge is 2.46. The number of benzene rings is 3. The second-order valence-electron chi connectivity index (χ2n) is 9.07. The maximum atomic E-state index is 14.0. The quantitative estimate of drug-likeness (QED) is 0.458. The van der Waals surface area contributed by atoms with Crippen LogP contribution in [0.25, 0.3) is 10.9 Å². The van der Waals surface area contributed by atoms with Crippen molar-refractivity contribution in [2.75, 3.05) is 26.1 Å². The van der Waals surface area contributed by atoms with Gasteiger partial charge in [-0.1, -0.05) is 36.4 Å². The summed E-state index contributed by atoms with van der Waals surface area (Å²) in [5, 5.41) is 4.02. The van der Waals surface area contributed by atoms with E-state index < -0.39 is 12.0 Å². The number of nitrogens with one attached hydrogen (secondary N) is 1. The molecule has 7 heteroatoms. The van der Waals surface area contributed by atoms with Crippen molar-refractivity contribution >= 4 is 28.4 Å². The van der Waals surface area contributed by atoms with Crippen LogP contribution in [-0.2, 0) is 11.2 Å². The minimum absolute atomic E-state index is 0.0625. The third-order valence-corrected chi connectivity index (χ3v) is 7.17. The van der Waals surface area contributed by atoms with Crippen molar-refractivity contribution < 1.29 is 19.1 Å². The van der Waals surface area contributed by atoms with Gasteiger partial charge in [0.2, 0.25) is 5.91 Å². The van der Waals surface area contributed by atoms with Crippen LogP contribution in [0.2, 0.25) is 0 Å². The van der Waals surface area contributed by atoms with Crippen molar-refractivity contribution in [3.63, 3.8) is 0 Å². The molecule has 1 N–H and O–H groups in total. The second-order valence-corrected chi connectivity index (χ2v) is 9.07. The van der Waals surface area contributed by atoms with Crippen molar-refractivity contribution in [3.8, 4) is 11.5 Å². The molecule has 0 radical (unpaired) electrons. The van der Waals surface area contributed by atoms with Gasteiger partial charge >= 0.3 is 0 Å². The zero-order chi connectivity index (χ0) is 24.8. The number of fused-ring (bicyclic) bond motifs is 5. The molecular formula is C29H25N3O4. The molecule has 3 heterocycles. The van der Waals surface area contributed by atoms with Crippen LogP contribution in [-0.4, -0.2) is 42.5 Å². The average molecular weight is 480 g/mol. The molecule has 0 fully saturated rings. The van der Waals surface area contributed by atoms with Crippen LogP contribution in [0.3, 0.4) is 0 Å². The number of rotatable bonds is 4. The lowest BCUT2D eigenvalue weighted by atomic mass is 9.75. The molecule has 0 aliphatic carbocycles. The predicted molar refractivity (Wildman–Crippen MR) is 137 cm³/mol. The normalized spacial score (nSPS) is 18.2. The van der Waals surface area contributed by atoms with Crippen molar-refractivity contribution in [2.24, 2.45) is 0 Å². The molecule has 7 nitrogen and oxygen atoms in total. The molecule has 0 saturated heterocycles. The SMILES string of the molecule is COc1cc2c(cc1OC)C1C(C(=O)Nc3cnc4ccccc4c3)c3ccccc3C(=O)N1CC2. The Hall–Kier alpha value is -4.39.